The van der Waals surface area contributed by atoms with Crippen LogP contribution in [0.15, 0.2) is 48.5 Å². The third-order valence-corrected chi connectivity index (χ3v) is 6.37. The predicted octanol–water partition coefficient (Wildman–Crippen LogP) is 2.98. The van der Waals surface area contributed by atoms with Gasteiger partial charge in [-0.05, 0) is 24.6 Å². The predicted molar refractivity (Wildman–Crippen MR) is 119 cm³/mol. The maximum absolute atomic E-state index is 13.0. The van der Waals surface area contributed by atoms with Gasteiger partial charge in [0.15, 0.2) is 0 Å². The lowest BCUT2D eigenvalue weighted by Gasteiger charge is -2.36. The maximum atomic E-state index is 13.0. The number of carbonyl (C=O) groups excluding carboxylic acids is 3. The van der Waals surface area contributed by atoms with E-state index in [-0.39, 0.29) is 30.1 Å². The third-order valence-electron chi connectivity index (χ3n) is 6.04. The Labute approximate surface area is 187 Å². The summed E-state index contributed by atoms with van der Waals surface area (Å²) in [6.07, 6.45) is 0.253. The molecule has 4 rings (SSSR count). The number of rotatable bonds is 4. The van der Waals surface area contributed by atoms with Crippen LogP contribution in [0.25, 0.3) is 0 Å². The number of piperazine rings is 1. The number of hydrogen-bond acceptors (Lipinski definition) is 3. The van der Waals surface area contributed by atoms with E-state index in [0.717, 1.165) is 5.56 Å². The second-order valence-corrected chi connectivity index (χ2v) is 8.67. The number of amides is 3. The largest absolute Gasteiger partial charge is 0.339 e. The molecule has 31 heavy (non-hydrogen) atoms. The molecule has 0 aliphatic carbocycles. The fraction of sp³-hybridized carbons (Fsp3) is 0.375. The topological polar surface area (TPSA) is 60.9 Å². The average molecular weight is 440 g/mol. The number of carbonyl (C=O) groups is 3. The minimum absolute atomic E-state index is 0.00426. The summed E-state index contributed by atoms with van der Waals surface area (Å²) >= 11 is 6.15. The van der Waals surface area contributed by atoms with Gasteiger partial charge in [-0.15, -0.1) is 0 Å². The lowest BCUT2D eigenvalue weighted by molar-refractivity contribution is -0.137. The zero-order valence-electron chi connectivity index (χ0n) is 17.6. The van der Waals surface area contributed by atoms with Gasteiger partial charge in [0, 0.05) is 45.7 Å². The summed E-state index contributed by atoms with van der Waals surface area (Å²) in [5, 5.41) is 0.434. The van der Waals surface area contributed by atoms with Gasteiger partial charge in [-0.25, -0.2) is 0 Å². The van der Waals surface area contributed by atoms with Crippen LogP contribution in [0, 0.1) is 12.8 Å². The Hall–Kier alpha value is -2.86. The number of benzene rings is 2. The van der Waals surface area contributed by atoms with Gasteiger partial charge in [-0.2, -0.15) is 0 Å². The fourth-order valence-electron chi connectivity index (χ4n) is 4.20. The Bertz CT molecular complexity index is 984. The van der Waals surface area contributed by atoms with Crippen molar-refractivity contribution in [2.45, 2.75) is 19.9 Å². The van der Waals surface area contributed by atoms with Gasteiger partial charge < -0.3 is 14.7 Å². The van der Waals surface area contributed by atoms with Crippen LogP contribution in [0.5, 0.6) is 0 Å². The van der Waals surface area contributed by atoms with E-state index in [2.05, 4.69) is 0 Å². The quantitative estimate of drug-likeness (QED) is 0.735. The van der Waals surface area contributed by atoms with Crippen molar-refractivity contribution < 1.29 is 14.4 Å². The molecule has 0 aromatic heterocycles. The molecule has 2 saturated heterocycles. The first-order valence-electron chi connectivity index (χ1n) is 10.6. The van der Waals surface area contributed by atoms with Crippen molar-refractivity contribution in [3.05, 3.63) is 70.2 Å². The molecule has 162 valence electrons. The first-order chi connectivity index (χ1) is 14.9. The number of nitrogens with zero attached hydrogens (tertiary/aromatic N) is 3. The minimum atomic E-state index is -0.316. The Kier molecular flexibility index (Phi) is 6.28. The lowest BCUT2D eigenvalue weighted by Crippen LogP contribution is -2.52. The van der Waals surface area contributed by atoms with Gasteiger partial charge in [0.1, 0.15) is 0 Å². The van der Waals surface area contributed by atoms with E-state index in [0.29, 0.717) is 49.9 Å². The summed E-state index contributed by atoms with van der Waals surface area (Å²) in [7, 11) is 0. The Balaban J connectivity index is 1.31. The molecule has 2 aliphatic rings. The van der Waals surface area contributed by atoms with Crippen molar-refractivity contribution in [3.63, 3.8) is 0 Å². The molecule has 3 amide bonds. The van der Waals surface area contributed by atoms with Crippen LogP contribution >= 0.6 is 11.6 Å². The number of aryl methyl sites for hydroxylation is 1. The van der Waals surface area contributed by atoms with Crippen LogP contribution in [0.4, 0.5) is 0 Å². The molecule has 2 aromatic carbocycles. The standard InChI is InChI=1S/C24H26ClN3O3/c1-17-6-8-18(9-7-17)15-28-16-19(14-22(28)29)23(30)26-10-12-27(13-11-26)24(31)20-4-2-3-5-21(20)25/h2-9,19H,10-16H2,1H3/t19-/m0/s1. The smallest absolute Gasteiger partial charge is 0.255 e. The monoisotopic (exact) mass is 439 g/mol. The molecule has 2 aromatic rings. The zero-order valence-corrected chi connectivity index (χ0v) is 18.3. The van der Waals surface area contributed by atoms with Gasteiger partial charge in [-0.3, -0.25) is 14.4 Å². The number of hydrogen-bond donors (Lipinski definition) is 0. The second-order valence-electron chi connectivity index (χ2n) is 8.26. The van der Waals surface area contributed by atoms with Crippen molar-refractivity contribution in [1.82, 2.24) is 14.7 Å². The Morgan fingerprint density at radius 1 is 0.968 bits per heavy atom. The molecule has 0 radical (unpaired) electrons. The molecule has 2 fully saturated rings. The van der Waals surface area contributed by atoms with Gasteiger partial charge in [-0.1, -0.05) is 53.6 Å². The van der Waals surface area contributed by atoms with Crippen molar-refractivity contribution >= 4 is 29.3 Å². The molecule has 7 heteroatoms. The normalized spacial score (nSPS) is 19.1. The summed E-state index contributed by atoms with van der Waals surface area (Å²) in [6.45, 7) is 4.87. The Morgan fingerprint density at radius 2 is 1.61 bits per heavy atom. The molecular weight excluding hydrogens is 414 g/mol. The van der Waals surface area contributed by atoms with Gasteiger partial charge in [0.05, 0.1) is 16.5 Å². The highest BCUT2D eigenvalue weighted by Crippen LogP contribution is 2.24. The van der Waals surface area contributed by atoms with Crippen molar-refractivity contribution in [2.24, 2.45) is 5.92 Å². The van der Waals surface area contributed by atoms with Crippen LogP contribution in [0.1, 0.15) is 27.9 Å². The minimum Gasteiger partial charge on any atom is -0.339 e. The van der Waals surface area contributed by atoms with Crippen molar-refractivity contribution in [2.75, 3.05) is 32.7 Å². The molecule has 1 atom stereocenters. The van der Waals surface area contributed by atoms with E-state index in [1.807, 2.05) is 31.2 Å². The highest BCUT2D eigenvalue weighted by Gasteiger charge is 2.37. The molecule has 0 spiro atoms. The van der Waals surface area contributed by atoms with E-state index < -0.39 is 0 Å². The van der Waals surface area contributed by atoms with E-state index in [1.54, 1.807) is 39.0 Å². The average Bonchev–Trinajstić information content (AvgIpc) is 3.15. The molecule has 0 bridgehead atoms. The van der Waals surface area contributed by atoms with Crippen LogP contribution in [0.3, 0.4) is 0 Å². The molecular formula is C24H26ClN3O3. The third kappa shape index (κ3) is 4.74. The van der Waals surface area contributed by atoms with Crippen molar-refractivity contribution in [1.29, 1.82) is 0 Å². The summed E-state index contributed by atoms with van der Waals surface area (Å²) in [6, 6.07) is 15.1. The number of halogens is 1. The van der Waals surface area contributed by atoms with Gasteiger partial charge >= 0.3 is 0 Å². The van der Waals surface area contributed by atoms with Crippen molar-refractivity contribution in [3.8, 4) is 0 Å². The molecule has 2 aliphatic heterocycles. The molecule has 2 heterocycles. The van der Waals surface area contributed by atoms with E-state index in [1.165, 1.54) is 5.56 Å². The van der Waals surface area contributed by atoms with E-state index in [4.69, 9.17) is 11.6 Å². The summed E-state index contributed by atoms with van der Waals surface area (Å²) in [4.78, 5) is 43.5. The van der Waals surface area contributed by atoms with Gasteiger partial charge in [0.2, 0.25) is 11.8 Å². The Morgan fingerprint density at radius 3 is 2.29 bits per heavy atom. The second kappa shape index (κ2) is 9.10. The van der Waals surface area contributed by atoms with Crippen LogP contribution in [0.2, 0.25) is 5.02 Å². The number of likely N-dealkylation sites (tertiary alicyclic amines) is 1. The summed E-state index contributed by atoms with van der Waals surface area (Å²) < 4.78 is 0. The molecule has 0 unspecified atom stereocenters. The first-order valence-corrected chi connectivity index (χ1v) is 11.0. The van der Waals surface area contributed by atoms with Crippen LogP contribution in [-0.2, 0) is 16.1 Å². The maximum Gasteiger partial charge on any atom is 0.255 e. The summed E-state index contributed by atoms with van der Waals surface area (Å²) in [5.41, 5.74) is 2.73. The van der Waals surface area contributed by atoms with Crippen LogP contribution in [-0.4, -0.2) is 65.1 Å². The first kappa shape index (κ1) is 21.4. The van der Waals surface area contributed by atoms with E-state index in [9.17, 15) is 14.4 Å². The molecule has 0 saturated carbocycles. The van der Waals surface area contributed by atoms with E-state index >= 15 is 0 Å². The SMILES string of the molecule is Cc1ccc(CN2C[C@@H](C(=O)N3CCN(C(=O)c4ccccc4Cl)CC3)CC2=O)cc1. The fourth-order valence-corrected chi connectivity index (χ4v) is 4.41. The molecule has 0 N–H and O–H groups in total. The highest BCUT2D eigenvalue weighted by molar-refractivity contribution is 6.33. The van der Waals surface area contributed by atoms with Gasteiger partial charge in [0.25, 0.3) is 5.91 Å². The lowest BCUT2D eigenvalue weighted by atomic mass is 10.1. The summed E-state index contributed by atoms with van der Waals surface area (Å²) in [5.74, 6) is -0.405. The molecule has 6 nitrogen and oxygen atoms in total. The zero-order chi connectivity index (χ0) is 22.0. The van der Waals surface area contributed by atoms with Crippen LogP contribution < -0.4 is 0 Å². The highest BCUT2D eigenvalue weighted by atomic mass is 35.5.